The van der Waals surface area contributed by atoms with Crippen LogP contribution in [0.5, 0.6) is 5.75 Å². The van der Waals surface area contributed by atoms with Gasteiger partial charge in [0.15, 0.2) is 12.6 Å². The first-order valence-corrected chi connectivity index (χ1v) is 10.2. The Hall–Kier alpha value is -1.81. The third-order valence-electron chi connectivity index (χ3n) is 4.19. The smallest absolute Gasteiger partial charge is 0.259 e. The Bertz CT molecular complexity index is 766. The molecule has 0 aliphatic heterocycles. The van der Waals surface area contributed by atoms with E-state index in [0.717, 1.165) is 24.5 Å². The largest absolute Gasteiger partial charge is 0.484 e. The van der Waals surface area contributed by atoms with Gasteiger partial charge < -0.3 is 20.3 Å². The Morgan fingerprint density at radius 3 is 2.69 bits per heavy atom. The Balaban J connectivity index is 0.00000420. The van der Waals surface area contributed by atoms with Gasteiger partial charge in [0.25, 0.3) is 5.91 Å². The summed E-state index contributed by atoms with van der Waals surface area (Å²) in [5.41, 5.74) is 1.06. The number of carbonyl (C=O) groups is 1. The summed E-state index contributed by atoms with van der Waals surface area (Å²) >= 11 is 1.80. The second kappa shape index (κ2) is 13.4. The number of aliphatic imine (C=N–C) groups is 1. The van der Waals surface area contributed by atoms with Gasteiger partial charge in [0.2, 0.25) is 0 Å². The highest BCUT2D eigenvalue weighted by Gasteiger charge is 2.07. The summed E-state index contributed by atoms with van der Waals surface area (Å²) in [6, 6.07) is 12.0. The average molecular weight is 530 g/mol. The maximum Gasteiger partial charge on any atom is 0.259 e. The molecular formula is C21H31IN4O2S. The lowest BCUT2D eigenvalue weighted by Crippen LogP contribution is -2.39. The maximum absolute atomic E-state index is 11.6. The number of ether oxygens (including phenoxy) is 1. The predicted molar refractivity (Wildman–Crippen MR) is 131 cm³/mol. The van der Waals surface area contributed by atoms with Crippen LogP contribution >= 0.6 is 35.3 Å². The lowest BCUT2D eigenvalue weighted by molar-refractivity contribution is -0.130. The average Bonchev–Trinajstić information content (AvgIpc) is 3.19. The number of carbonyl (C=O) groups excluding carboxylic acids is 1. The molecule has 0 saturated heterocycles. The number of nitrogens with zero attached hydrogens (tertiary/aromatic N) is 2. The van der Waals surface area contributed by atoms with Crippen LogP contribution < -0.4 is 15.4 Å². The van der Waals surface area contributed by atoms with Gasteiger partial charge in [-0.2, -0.15) is 0 Å². The molecule has 1 amide bonds. The van der Waals surface area contributed by atoms with Crippen molar-refractivity contribution in [3.8, 4) is 5.75 Å². The van der Waals surface area contributed by atoms with Crippen molar-refractivity contribution in [2.75, 3.05) is 34.3 Å². The first-order chi connectivity index (χ1) is 13.5. The second-order valence-electron chi connectivity index (χ2n) is 6.92. The van der Waals surface area contributed by atoms with Gasteiger partial charge >= 0.3 is 0 Å². The van der Waals surface area contributed by atoms with E-state index in [0.29, 0.717) is 18.2 Å². The fraction of sp³-hybridized carbons (Fsp3) is 0.429. The fourth-order valence-corrected chi connectivity index (χ4v) is 3.41. The molecule has 29 heavy (non-hydrogen) atoms. The van der Waals surface area contributed by atoms with Gasteiger partial charge in [0.1, 0.15) is 5.75 Å². The van der Waals surface area contributed by atoms with Crippen LogP contribution in [0.25, 0.3) is 0 Å². The first kappa shape index (κ1) is 25.2. The number of guanidine groups is 1. The van der Waals surface area contributed by atoms with E-state index in [1.165, 1.54) is 9.78 Å². The molecule has 0 aliphatic carbocycles. The highest BCUT2D eigenvalue weighted by atomic mass is 127. The molecule has 0 aliphatic rings. The highest BCUT2D eigenvalue weighted by Crippen LogP contribution is 2.14. The molecule has 2 aromatic rings. The lowest BCUT2D eigenvalue weighted by atomic mass is 10.1. The molecule has 0 spiro atoms. The molecule has 2 N–H and O–H groups in total. The predicted octanol–water partition coefficient (Wildman–Crippen LogP) is 3.38. The lowest BCUT2D eigenvalue weighted by Gasteiger charge is -2.16. The van der Waals surface area contributed by atoms with E-state index >= 15 is 0 Å². The van der Waals surface area contributed by atoms with E-state index in [-0.39, 0.29) is 36.5 Å². The number of amides is 1. The molecule has 0 saturated carbocycles. The number of hydrogen-bond donors (Lipinski definition) is 2. The van der Waals surface area contributed by atoms with Gasteiger partial charge in [-0.15, -0.1) is 35.3 Å². The van der Waals surface area contributed by atoms with Gasteiger partial charge in [-0.05, 0) is 41.5 Å². The Morgan fingerprint density at radius 2 is 2.03 bits per heavy atom. The number of thiophene rings is 1. The summed E-state index contributed by atoms with van der Waals surface area (Å²) in [7, 11) is 5.20. The standard InChI is InChI=1S/C21H30N4O2S.HI/c1-16(11-19-9-6-10-28-19)13-23-21(22-2)24-14-17-7-5-8-18(12-17)27-15-20(26)25(3)4;/h5-10,12,16H,11,13-15H2,1-4H3,(H2,22,23,24);1H. The molecule has 0 fully saturated rings. The second-order valence-corrected chi connectivity index (χ2v) is 7.95. The zero-order chi connectivity index (χ0) is 20.4. The van der Waals surface area contributed by atoms with E-state index < -0.39 is 0 Å². The van der Waals surface area contributed by atoms with E-state index in [4.69, 9.17) is 4.74 Å². The molecule has 2 rings (SSSR count). The van der Waals surface area contributed by atoms with Gasteiger partial charge in [-0.3, -0.25) is 9.79 Å². The van der Waals surface area contributed by atoms with Crippen molar-refractivity contribution < 1.29 is 9.53 Å². The van der Waals surface area contributed by atoms with Crippen LogP contribution in [0.4, 0.5) is 0 Å². The number of rotatable bonds is 9. The topological polar surface area (TPSA) is 66.0 Å². The van der Waals surface area contributed by atoms with Crippen LogP contribution in [0.2, 0.25) is 0 Å². The van der Waals surface area contributed by atoms with Gasteiger partial charge in [-0.25, -0.2) is 0 Å². The molecule has 0 radical (unpaired) electrons. The molecule has 0 bridgehead atoms. The van der Waals surface area contributed by atoms with Crippen molar-refractivity contribution in [3.05, 3.63) is 52.2 Å². The van der Waals surface area contributed by atoms with Crippen molar-refractivity contribution in [1.29, 1.82) is 0 Å². The number of nitrogens with one attached hydrogen (secondary N) is 2. The zero-order valence-corrected chi connectivity index (χ0v) is 20.6. The number of hydrogen-bond acceptors (Lipinski definition) is 4. The highest BCUT2D eigenvalue weighted by molar-refractivity contribution is 14.0. The first-order valence-electron chi connectivity index (χ1n) is 9.36. The number of halogens is 1. The summed E-state index contributed by atoms with van der Waals surface area (Å²) in [6.45, 7) is 3.75. The monoisotopic (exact) mass is 530 g/mol. The molecule has 1 aromatic heterocycles. The van der Waals surface area contributed by atoms with E-state index in [1.807, 2.05) is 24.3 Å². The van der Waals surface area contributed by atoms with Crippen LogP contribution in [0.15, 0.2) is 46.8 Å². The minimum absolute atomic E-state index is 0. The van der Waals surface area contributed by atoms with E-state index in [1.54, 1.807) is 32.5 Å². The maximum atomic E-state index is 11.6. The van der Waals surface area contributed by atoms with Gasteiger partial charge in [0.05, 0.1) is 0 Å². The Kier molecular flexibility index (Phi) is 11.7. The zero-order valence-electron chi connectivity index (χ0n) is 17.5. The van der Waals surface area contributed by atoms with Crippen LogP contribution in [-0.2, 0) is 17.8 Å². The molecule has 1 aromatic carbocycles. The summed E-state index contributed by atoms with van der Waals surface area (Å²) < 4.78 is 5.57. The number of likely N-dealkylation sites (N-methyl/N-ethyl adjacent to an activating group) is 1. The van der Waals surface area contributed by atoms with Gasteiger partial charge in [-0.1, -0.05) is 25.1 Å². The molecule has 8 heteroatoms. The molecule has 160 valence electrons. The van der Waals surface area contributed by atoms with Crippen molar-refractivity contribution >= 4 is 47.2 Å². The number of benzene rings is 1. The molecule has 6 nitrogen and oxygen atoms in total. The van der Waals surface area contributed by atoms with Gasteiger partial charge in [0, 0.05) is 39.1 Å². The van der Waals surface area contributed by atoms with Crippen LogP contribution in [-0.4, -0.2) is 51.1 Å². The van der Waals surface area contributed by atoms with Crippen LogP contribution in [0.1, 0.15) is 17.4 Å². The SMILES string of the molecule is CN=C(NCc1cccc(OCC(=O)N(C)C)c1)NCC(C)Cc1cccs1.I. The minimum Gasteiger partial charge on any atom is -0.484 e. The Labute approximate surface area is 194 Å². The van der Waals surface area contributed by atoms with Crippen molar-refractivity contribution in [2.24, 2.45) is 10.9 Å². The summed E-state index contributed by atoms with van der Waals surface area (Å²) in [5, 5.41) is 8.82. The quantitative estimate of drug-likeness (QED) is 0.297. The third-order valence-corrected chi connectivity index (χ3v) is 5.09. The normalized spacial score (nSPS) is 11.9. The van der Waals surface area contributed by atoms with Crippen molar-refractivity contribution in [1.82, 2.24) is 15.5 Å². The van der Waals surface area contributed by atoms with Crippen LogP contribution in [0, 0.1) is 5.92 Å². The van der Waals surface area contributed by atoms with Crippen molar-refractivity contribution in [3.63, 3.8) is 0 Å². The molecule has 1 heterocycles. The van der Waals surface area contributed by atoms with E-state index in [9.17, 15) is 4.79 Å². The summed E-state index contributed by atoms with van der Waals surface area (Å²) in [4.78, 5) is 18.9. The molecule has 1 atom stereocenters. The van der Waals surface area contributed by atoms with Crippen molar-refractivity contribution in [2.45, 2.75) is 19.9 Å². The third kappa shape index (κ3) is 9.49. The molecule has 1 unspecified atom stereocenters. The summed E-state index contributed by atoms with van der Waals surface area (Å²) in [5.74, 6) is 1.90. The molecular weight excluding hydrogens is 499 g/mol. The summed E-state index contributed by atoms with van der Waals surface area (Å²) in [6.07, 6.45) is 1.06. The van der Waals surface area contributed by atoms with E-state index in [2.05, 4.69) is 40.1 Å². The minimum atomic E-state index is -0.0650. The van der Waals surface area contributed by atoms with Crippen LogP contribution in [0.3, 0.4) is 0 Å². The Morgan fingerprint density at radius 1 is 1.24 bits per heavy atom. The fourth-order valence-electron chi connectivity index (χ4n) is 2.54.